The molecule has 0 N–H and O–H groups in total. The summed E-state index contributed by atoms with van der Waals surface area (Å²) in [6, 6.07) is 0. The van der Waals surface area contributed by atoms with E-state index in [1.165, 1.54) is 10.5 Å². The van der Waals surface area contributed by atoms with E-state index in [1.54, 1.807) is 11.1 Å². The fourth-order valence-corrected chi connectivity index (χ4v) is 3.84. The van der Waals surface area contributed by atoms with Crippen LogP contribution >= 0.6 is 0 Å². The molecule has 0 saturated carbocycles. The van der Waals surface area contributed by atoms with Gasteiger partial charge >= 0.3 is 50.9 Å². The van der Waals surface area contributed by atoms with Gasteiger partial charge in [0, 0.05) is 0 Å². The molecule has 0 aliphatic carbocycles. The number of hydrogen-bond acceptors (Lipinski definition) is 0. The van der Waals surface area contributed by atoms with Crippen LogP contribution in [0.3, 0.4) is 0 Å². The molecule has 0 fully saturated rings. The quantitative estimate of drug-likeness (QED) is 0.369. The fraction of sp³-hybridized carbons (Fsp3) is 0.667. The van der Waals surface area contributed by atoms with Crippen molar-refractivity contribution < 1.29 is 0 Å². The second-order valence-corrected chi connectivity index (χ2v) is 4.70. The fourth-order valence-electron chi connectivity index (χ4n) is 0.739. The van der Waals surface area contributed by atoms with Crippen LogP contribution in [0.2, 0.25) is 10.5 Å². The molecular weight excluding hydrogens is 145 g/mol. The Morgan fingerprint density at radius 2 is 1.57 bits per heavy atom. The van der Waals surface area contributed by atoms with Crippen molar-refractivity contribution in [3.8, 4) is 0 Å². The van der Waals surface area contributed by atoms with E-state index in [2.05, 4.69) is 13.8 Å². The Balaban J connectivity index is 2.64. The third kappa shape index (κ3) is 1.09. The molecule has 0 bridgehead atoms. The summed E-state index contributed by atoms with van der Waals surface area (Å²) in [4.78, 5) is 0. The van der Waals surface area contributed by atoms with E-state index in [0.29, 0.717) is 15.4 Å². The average molecular weight is 155 g/mol. The SMILES string of the molecule is CC1=C(C)[CH2][Ge][CH2]1. The van der Waals surface area contributed by atoms with Crippen LogP contribution in [0.15, 0.2) is 11.1 Å². The zero-order chi connectivity index (χ0) is 5.28. The summed E-state index contributed by atoms with van der Waals surface area (Å²) in [5.41, 5.74) is 3.36. The first-order valence-corrected chi connectivity index (χ1v) is 5.63. The van der Waals surface area contributed by atoms with Gasteiger partial charge in [-0.25, -0.2) is 0 Å². The molecule has 0 atom stereocenters. The maximum atomic E-state index is 2.27. The van der Waals surface area contributed by atoms with E-state index in [9.17, 15) is 0 Å². The molecule has 2 radical (unpaired) electrons. The van der Waals surface area contributed by atoms with E-state index < -0.39 is 0 Å². The Bertz CT molecular complexity index is 90.7. The molecule has 1 rings (SSSR count). The first-order chi connectivity index (χ1) is 3.30. The van der Waals surface area contributed by atoms with Gasteiger partial charge in [0.25, 0.3) is 0 Å². The van der Waals surface area contributed by atoms with E-state index >= 15 is 0 Å². The molecule has 1 aliphatic rings. The molecule has 7 heavy (non-hydrogen) atoms. The molecule has 0 saturated heterocycles. The van der Waals surface area contributed by atoms with Crippen molar-refractivity contribution in [2.45, 2.75) is 24.4 Å². The van der Waals surface area contributed by atoms with Crippen LogP contribution < -0.4 is 0 Å². The summed E-state index contributed by atoms with van der Waals surface area (Å²) in [7, 11) is 0. The topological polar surface area (TPSA) is 0 Å². The molecule has 38 valence electrons. The predicted octanol–water partition coefficient (Wildman–Crippen LogP) is 1.88. The van der Waals surface area contributed by atoms with Gasteiger partial charge < -0.3 is 0 Å². The predicted molar refractivity (Wildman–Crippen MR) is 33.7 cm³/mol. The van der Waals surface area contributed by atoms with Crippen LogP contribution in [0, 0.1) is 0 Å². The molecule has 1 heterocycles. The van der Waals surface area contributed by atoms with Gasteiger partial charge in [0.1, 0.15) is 0 Å². The standard InChI is InChI=1S/C6H10Ge/c1-5-3-7-4-6(5)2/h3-4H2,1-2H3. The van der Waals surface area contributed by atoms with Crippen LogP contribution in [-0.4, -0.2) is 15.4 Å². The van der Waals surface area contributed by atoms with Crippen molar-refractivity contribution in [1.82, 2.24) is 0 Å². The van der Waals surface area contributed by atoms with Gasteiger partial charge in [-0.15, -0.1) is 0 Å². The summed E-state index contributed by atoms with van der Waals surface area (Å²) in [5, 5.41) is 2.96. The summed E-state index contributed by atoms with van der Waals surface area (Å²) in [5.74, 6) is 0. The van der Waals surface area contributed by atoms with Crippen LogP contribution in [-0.2, 0) is 0 Å². The summed E-state index contributed by atoms with van der Waals surface area (Å²) >= 11 is 0.477. The number of rotatable bonds is 0. The second kappa shape index (κ2) is 2.03. The van der Waals surface area contributed by atoms with Crippen LogP contribution in [0.5, 0.6) is 0 Å². The molecular formula is C6H10Ge. The van der Waals surface area contributed by atoms with Crippen molar-refractivity contribution in [2.75, 3.05) is 0 Å². The maximum absolute atomic E-state index is 2.27. The van der Waals surface area contributed by atoms with Crippen molar-refractivity contribution >= 4 is 15.4 Å². The Hall–Kier alpha value is 0.283. The first-order valence-electron chi connectivity index (χ1n) is 2.66. The van der Waals surface area contributed by atoms with E-state index in [1.807, 2.05) is 0 Å². The van der Waals surface area contributed by atoms with E-state index in [4.69, 9.17) is 0 Å². The molecule has 1 aliphatic heterocycles. The van der Waals surface area contributed by atoms with Gasteiger partial charge in [-0.05, 0) is 0 Å². The van der Waals surface area contributed by atoms with Crippen molar-refractivity contribution in [1.29, 1.82) is 0 Å². The monoisotopic (exact) mass is 156 g/mol. The average Bonchev–Trinajstić information content (AvgIpc) is 1.91. The molecule has 0 spiro atoms. The Morgan fingerprint density at radius 3 is 1.71 bits per heavy atom. The molecule has 0 aromatic carbocycles. The Kier molecular flexibility index (Phi) is 1.58. The molecule has 0 aromatic rings. The zero-order valence-electron chi connectivity index (χ0n) is 4.91. The van der Waals surface area contributed by atoms with Crippen LogP contribution in [0.1, 0.15) is 13.8 Å². The van der Waals surface area contributed by atoms with E-state index in [-0.39, 0.29) is 0 Å². The van der Waals surface area contributed by atoms with Crippen molar-refractivity contribution in [3.05, 3.63) is 11.1 Å². The molecule has 0 unspecified atom stereocenters. The van der Waals surface area contributed by atoms with E-state index in [0.717, 1.165) is 0 Å². The molecule has 1 heteroatoms. The van der Waals surface area contributed by atoms with Crippen LogP contribution in [0.25, 0.3) is 0 Å². The van der Waals surface area contributed by atoms with Gasteiger partial charge in [-0.2, -0.15) is 0 Å². The first kappa shape index (κ1) is 5.42. The Labute approximate surface area is 51.5 Å². The molecule has 0 aromatic heterocycles. The Morgan fingerprint density at radius 1 is 1.14 bits per heavy atom. The second-order valence-electron chi connectivity index (χ2n) is 2.16. The number of allylic oxidation sites excluding steroid dienone is 2. The summed E-state index contributed by atoms with van der Waals surface area (Å²) in [6.07, 6.45) is 0. The third-order valence-corrected chi connectivity index (χ3v) is 4.78. The molecule has 0 amide bonds. The van der Waals surface area contributed by atoms with Crippen molar-refractivity contribution in [3.63, 3.8) is 0 Å². The third-order valence-electron chi connectivity index (χ3n) is 1.51. The van der Waals surface area contributed by atoms with Gasteiger partial charge in [0.2, 0.25) is 0 Å². The molecule has 0 nitrogen and oxygen atoms in total. The number of hydrogen-bond donors (Lipinski definition) is 0. The minimum absolute atomic E-state index is 0.477. The van der Waals surface area contributed by atoms with Crippen molar-refractivity contribution in [2.24, 2.45) is 0 Å². The minimum atomic E-state index is 0.477. The van der Waals surface area contributed by atoms with Gasteiger partial charge in [-0.3, -0.25) is 0 Å². The summed E-state index contributed by atoms with van der Waals surface area (Å²) in [6.45, 7) is 4.54. The van der Waals surface area contributed by atoms with Gasteiger partial charge in [0.15, 0.2) is 0 Å². The van der Waals surface area contributed by atoms with Crippen LogP contribution in [0.4, 0.5) is 0 Å². The van der Waals surface area contributed by atoms with Gasteiger partial charge in [-0.1, -0.05) is 0 Å². The summed E-state index contributed by atoms with van der Waals surface area (Å²) < 4.78 is 0. The normalized spacial score (nSPS) is 21.4. The zero-order valence-corrected chi connectivity index (χ0v) is 7.01. The van der Waals surface area contributed by atoms with Gasteiger partial charge in [0.05, 0.1) is 0 Å².